The zero-order valence-electron chi connectivity index (χ0n) is 11.3. The fourth-order valence-electron chi connectivity index (χ4n) is 1.79. The Morgan fingerprint density at radius 1 is 1.55 bits per heavy atom. The third-order valence-electron chi connectivity index (χ3n) is 2.87. The Bertz CT molecular complexity index is 456. The minimum absolute atomic E-state index is 0.622. The van der Waals surface area contributed by atoms with Gasteiger partial charge in [-0.2, -0.15) is 13.2 Å². The summed E-state index contributed by atoms with van der Waals surface area (Å²) in [5, 5.41) is 33.2. The molecular formula is C10H15F3N4O5. The van der Waals surface area contributed by atoms with Gasteiger partial charge in [0.15, 0.2) is 6.10 Å². The van der Waals surface area contributed by atoms with Crippen molar-refractivity contribution in [1.29, 1.82) is 0 Å². The highest BCUT2D eigenvalue weighted by Gasteiger charge is 2.46. The third kappa shape index (κ3) is 4.46. The lowest BCUT2D eigenvalue weighted by Crippen LogP contribution is -2.57. The maximum Gasteiger partial charge on any atom is 0.416 e. The molecule has 0 aliphatic carbocycles. The summed E-state index contributed by atoms with van der Waals surface area (Å²) in [4.78, 5) is 22.6. The second-order valence-corrected chi connectivity index (χ2v) is 4.63. The molecule has 0 aromatic rings. The van der Waals surface area contributed by atoms with Crippen LogP contribution >= 0.6 is 0 Å². The SMILES string of the molecule is CC(O)C(NC(=O)CN1C=CNC1[N+](=O)[O-])C(O)C(F)(F)F. The molecule has 9 nitrogen and oxygen atoms in total. The lowest BCUT2D eigenvalue weighted by atomic mass is 10.1. The Balaban J connectivity index is 2.68. The van der Waals surface area contributed by atoms with Crippen molar-refractivity contribution in [3.05, 3.63) is 22.5 Å². The fourth-order valence-corrected chi connectivity index (χ4v) is 1.79. The van der Waals surface area contributed by atoms with E-state index in [1.807, 2.05) is 5.32 Å². The summed E-state index contributed by atoms with van der Waals surface area (Å²) >= 11 is 0. The molecule has 1 aliphatic heterocycles. The minimum Gasteiger partial charge on any atom is -0.391 e. The van der Waals surface area contributed by atoms with E-state index in [1.54, 1.807) is 0 Å². The van der Waals surface area contributed by atoms with Crippen molar-refractivity contribution >= 4 is 5.91 Å². The third-order valence-corrected chi connectivity index (χ3v) is 2.87. The van der Waals surface area contributed by atoms with Crippen molar-refractivity contribution in [2.24, 2.45) is 0 Å². The van der Waals surface area contributed by atoms with Crippen molar-refractivity contribution in [2.75, 3.05) is 6.54 Å². The van der Waals surface area contributed by atoms with Crippen LogP contribution in [0.2, 0.25) is 0 Å². The summed E-state index contributed by atoms with van der Waals surface area (Å²) in [5.74, 6) is -1.02. The normalized spacial score (nSPS) is 21.9. The van der Waals surface area contributed by atoms with Gasteiger partial charge in [-0.15, -0.1) is 0 Å². The maximum absolute atomic E-state index is 12.4. The Labute approximate surface area is 122 Å². The van der Waals surface area contributed by atoms with Crippen molar-refractivity contribution in [3.63, 3.8) is 0 Å². The fraction of sp³-hybridized carbons (Fsp3) is 0.700. The molecule has 0 bridgehead atoms. The van der Waals surface area contributed by atoms with Crippen molar-refractivity contribution in [2.45, 2.75) is 37.6 Å². The zero-order chi connectivity index (χ0) is 17.1. The molecule has 1 amide bonds. The topological polar surface area (TPSA) is 128 Å². The van der Waals surface area contributed by atoms with E-state index < -0.39 is 48.1 Å². The number of nitrogens with one attached hydrogen (secondary N) is 2. The van der Waals surface area contributed by atoms with E-state index >= 15 is 0 Å². The molecule has 0 aromatic heterocycles. The molecule has 0 spiro atoms. The number of halogens is 3. The highest BCUT2D eigenvalue weighted by Crippen LogP contribution is 2.23. The van der Waals surface area contributed by atoms with Crippen LogP contribution in [0.4, 0.5) is 13.2 Å². The second kappa shape index (κ2) is 6.79. The van der Waals surface area contributed by atoms with Crippen LogP contribution in [0.15, 0.2) is 12.4 Å². The predicted molar refractivity (Wildman–Crippen MR) is 65.4 cm³/mol. The van der Waals surface area contributed by atoms with Gasteiger partial charge in [0.05, 0.1) is 17.1 Å². The van der Waals surface area contributed by atoms with E-state index in [0.717, 1.165) is 11.8 Å². The monoisotopic (exact) mass is 328 g/mol. The van der Waals surface area contributed by atoms with Crippen molar-refractivity contribution in [1.82, 2.24) is 15.5 Å². The predicted octanol–water partition coefficient (Wildman–Crippen LogP) is -1.29. The lowest BCUT2D eigenvalue weighted by molar-refractivity contribution is -0.549. The first-order chi connectivity index (χ1) is 10.0. The van der Waals surface area contributed by atoms with E-state index in [4.69, 9.17) is 5.11 Å². The molecule has 0 aromatic carbocycles. The van der Waals surface area contributed by atoms with Crippen LogP contribution in [0.25, 0.3) is 0 Å². The molecule has 4 unspecified atom stereocenters. The quantitative estimate of drug-likeness (QED) is 0.353. The number of nitro groups is 1. The van der Waals surface area contributed by atoms with E-state index in [-0.39, 0.29) is 0 Å². The first-order valence-corrected chi connectivity index (χ1v) is 6.08. The largest absolute Gasteiger partial charge is 0.416 e. The summed E-state index contributed by atoms with van der Waals surface area (Å²) in [6.07, 6.45) is -8.70. The van der Waals surface area contributed by atoms with Gasteiger partial charge in [0, 0.05) is 12.4 Å². The number of hydrogen-bond donors (Lipinski definition) is 4. The van der Waals surface area contributed by atoms with E-state index in [1.165, 1.54) is 12.4 Å². The second-order valence-electron chi connectivity index (χ2n) is 4.63. The van der Waals surface area contributed by atoms with Gasteiger partial charge < -0.3 is 20.8 Å². The molecule has 1 heterocycles. The zero-order valence-corrected chi connectivity index (χ0v) is 11.3. The van der Waals surface area contributed by atoms with Crippen LogP contribution in [0.1, 0.15) is 6.92 Å². The molecule has 0 saturated carbocycles. The van der Waals surface area contributed by atoms with Crippen LogP contribution in [-0.4, -0.2) is 63.2 Å². The van der Waals surface area contributed by atoms with Gasteiger partial charge in [-0.05, 0) is 6.92 Å². The number of nitrogens with zero attached hydrogens (tertiary/aromatic N) is 2. The molecule has 1 aliphatic rings. The van der Waals surface area contributed by atoms with Crippen LogP contribution in [0.5, 0.6) is 0 Å². The van der Waals surface area contributed by atoms with Crippen molar-refractivity contribution < 1.29 is 33.1 Å². The average Bonchev–Trinajstić information content (AvgIpc) is 2.81. The smallest absolute Gasteiger partial charge is 0.391 e. The molecule has 126 valence electrons. The van der Waals surface area contributed by atoms with E-state index in [0.29, 0.717) is 0 Å². The number of rotatable bonds is 6. The van der Waals surface area contributed by atoms with E-state index in [9.17, 15) is 33.2 Å². The van der Waals surface area contributed by atoms with Crippen LogP contribution in [0.3, 0.4) is 0 Å². The minimum atomic E-state index is -5.03. The Morgan fingerprint density at radius 2 is 2.14 bits per heavy atom. The highest BCUT2D eigenvalue weighted by atomic mass is 19.4. The molecule has 0 fully saturated rings. The van der Waals surface area contributed by atoms with E-state index in [2.05, 4.69) is 5.32 Å². The van der Waals surface area contributed by atoms with Gasteiger partial charge >= 0.3 is 12.5 Å². The summed E-state index contributed by atoms with van der Waals surface area (Å²) in [6, 6.07) is -1.99. The molecule has 4 N–H and O–H groups in total. The molecule has 1 rings (SSSR count). The molecule has 22 heavy (non-hydrogen) atoms. The first kappa shape index (κ1) is 18.0. The standard InChI is InChI=1S/C10H15F3N4O5/c1-5(18)7(8(20)10(11,12)13)15-6(19)4-16-3-2-14-9(16)17(21)22/h2-3,5,7-9,14,18,20H,4H2,1H3,(H,15,19). The summed E-state index contributed by atoms with van der Waals surface area (Å²) in [5.41, 5.74) is 0. The number of carbonyl (C=O) groups is 1. The number of amides is 1. The Morgan fingerprint density at radius 3 is 2.59 bits per heavy atom. The van der Waals surface area contributed by atoms with Crippen LogP contribution in [-0.2, 0) is 4.79 Å². The number of aliphatic hydroxyl groups excluding tert-OH is 2. The number of alkyl halides is 3. The van der Waals surface area contributed by atoms with Gasteiger partial charge in [0.2, 0.25) is 5.91 Å². The summed E-state index contributed by atoms with van der Waals surface area (Å²) in [7, 11) is 0. The van der Waals surface area contributed by atoms with Gasteiger partial charge in [-0.25, -0.2) is 0 Å². The van der Waals surface area contributed by atoms with Crippen molar-refractivity contribution in [3.8, 4) is 0 Å². The Kier molecular flexibility index (Phi) is 5.54. The molecule has 0 saturated heterocycles. The van der Waals surface area contributed by atoms with Gasteiger partial charge in [0.1, 0.15) is 6.54 Å². The van der Waals surface area contributed by atoms with Gasteiger partial charge in [0.25, 0.3) is 0 Å². The van der Waals surface area contributed by atoms with Gasteiger partial charge in [-0.1, -0.05) is 0 Å². The Hall–Kier alpha value is -2.08. The molecule has 4 atom stereocenters. The molecular weight excluding hydrogens is 313 g/mol. The summed E-state index contributed by atoms with van der Waals surface area (Å²) < 4.78 is 37.3. The van der Waals surface area contributed by atoms with Gasteiger partial charge in [-0.3, -0.25) is 19.8 Å². The number of aliphatic hydroxyl groups is 2. The molecule has 0 radical (unpaired) electrons. The number of hydrogen-bond acceptors (Lipinski definition) is 7. The van der Waals surface area contributed by atoms with Crippen LogP contribution in [0, 0.1) is 10.1 Å². The highest BCUT2D eigenvalue weighted by molar-refractivity contribution is 5.78. The number of carbonyl (C=O) groups excluding carboxylic acids is 1. The van der Waals surface area contributed by atoms with Crippen LogP contribution < -0.4 is 10.6 Å². The average molecular weight is 328 g/mol. The maximum atomic E-state index is 12.4. The first-order valence-electron chi connectivity index (χ1n) is 6.08. The molecule has 12 heteroatoms. The summed E-state index contributed by atoms with van der Waals surface area (Å²) in [6.45, 7) is 0.347. The lowest BCUT2D eigenvalue weighted by Gasteiger charge is -2.28.